The summed E-state index contributed by atoms with van der Waals surface area (Å²) >= 11 is 0. The van der Waals surface area contributed by atoms with Gasteiger partial charge >= 0.3 is 17.8 Å². The number of amides is 4. The number of para-hydroxylation sites is 1. The van der Waals surface area contributed by atoms with Gasteiger partial charge in [-0.15, -0.1) is 0 Å². The lowest BCUT2D eigenvalue weighted by atomic mass is 10.1. The molecule has 1 aliphatic rings. The largest absolute Gasteiger partial charge is 0.331 e. The number of benzene rings is 1. The molecule has 0 aliphatic carbocycles. The van der Waals surface area contributed by atoms with Crippen molar-refractivity contribution in [2.45, 2.75) is 6.54 Å². The van der Waals surface area contributed by atoms with E-state index in [0.29, 0.717) is 5.52 Å². The average molecular weight is 255 g/mol. The molecule has 2 aromatic rings. The molecule has 1 aliphatic heterocycles. The van der Waals surface area contributed by atoms with E-state index in [4.69, 9.17) is 0 Å². The minimum atomic E-state index is -0.891. The van der Waals surface area contributed by atoms with E-state index in [1.165, 1.54) is 0 Å². The smallest absolute Gasteiger partial charge is 0.269 e. The van der Waals surface area contributed by atoms with Crippen molar-refractivity contribution in [3.8, 4) is 0 Å². The first-order chi connectivity index (χ1) is 9.16. The number of urea groups is 1. The second kappa shape index (κ2) is 4.16. The van der Waals surface area contributed by atoms with Crippen molar-refractivity contribution in [2.75, 3.05) is 0 Å². The predicted octanol–water partition coefficient (Wildman–Crippen LogP) is 0.813. The van der Waals surface area contributed by atoms with Crippen LogP contribution in [0.25, 0.3) is 10.9 Å². The van der Waals surface area contributed by atoms with Crippen molar-refractivity contribution in [1.82, 2.24) is 15.2 Å². The molecule has 6 heteroatoms. The zero-order valence-corrected chi connectivity index (χ0v) is 9.79. The number of imide groups is 2. The van der Waals surface area contributed by atoms with Gasteiger partial charge in [-0.3, -0.25) is 24.8 Å². The van der Waals surface area contributed by atoms with Gasteiger partial charge in [0.1, 0.15) is 0 Å². The molecular formula is C13H9N3O3. The molecule has 0 saturated carbocycles. The van der Waals surface area contributed by atoms with Crippen molar-refractivity contribution in [3.63, 3.8) is 0 Å². The summed E-state index contributed by atoms with van der Waals surface area (Å²) in [5, 5.41) is 2.88. The molecule has 1 N–H and O–H groups in total. The highest BCUT2D eigenvalue weighted by atomic mass is 16.2. The normalized spacial score (nSPS) is 15.2. The lowest BCUT2D eigenvalue weighted by Crippen LogP contribution is -2.30. The van der Waals surface area contributed by atoms with Crippen LogP contribution in [0.5, 0.6) is 0 Å². The quantitative estimate of drug-likeness (QED) is 0.636. The zero-order chi connectivity index (χ0) is 13.4. The summed E-state index contributed by atoms with van der Waals surface area (Å²) in [6.07, 6.45) is 1.64. The van der Waals surface area contributed by atoms with E-state index in [1.807, 2.05) is 29.6 Å². The van der Waals surface area contributed by atoms with Crippen LogP contribution in [0.4, 0.5) is 4.79 Å². The molecule has 1 aromatic carbocycles. The Bertz CT molecular complexity index is 706. The third-order valence-electron chi connectivity index (χ3n) is 2.95. The minimum absolute atomic E-state index is 0.0325. The fourth-order valence-electron chi connectivity index (χ4n) is 2.04. The summed E-state index contributed by atoms with van der Waals surface area (Å²) in [5.74, 6) is -1.73. The topological polar surface area (TPSA) is 79.4 Å². The van der Waals surface area contributed by atoms with Gasteiger partial charge in [0.25, 0.3) is 0 Å². The van der Waals surface area contributed by atoms with Crippen LogP contribution in [0.3, 0.4) is 0 Å². The second-order valence-electron chi connectivity index (χ2n) is 4.14. The van der Waals surface area contributed by atoms with Gasteiger partial charge in [-0.1, -0.05) is 24.3 Å². The molecule has 0 radical (unpaired) electrons. The average Bonchev–Trinajstić information content (AvgIpc) is 2.66. The Morgan fingerprint density at radius 3 is 2.63 bits per heavy atom. The number of carbonyl (C=O) groups is 3. The summed E-state index contributed by atoms with van der Waals surface area (Å²) in [7, 11) is 0. The number of carbonyl (C=O) groups excluding carboxylic acids is 3. The SMILES string of the molecule is O=C1NC(=O)N(Cc2cccc3cccnc23)C1=O. The highest BCUT2D eigenvalue weighted by Crippen LogP contribution is 2.18. The molecule has 1 saturated heterocycles. The standard InChI is InChI=1S/C13H9N3O3/c17-11-12(18)16(13(19)15-11)7-9-4-1-3-8-5-2-6-14-10(8)9/h1-6H,7H2,(H,15,17,19). The van der Waals surface area contributed by atoms with Gasteiger partial charge in [0.05, 0.1) is 12.1 Å². The first-order valence-corrected chi connectivity index (χ1v) is 5.66. The monoisotopic (exact) mass is 255 g/mol. The molecule has 0 spiro atoms. The number of hydrogen-bond donors (Lipinski definition) is 1. The van der Waals surface area contributed by atoms with Crippen molar-refractivity contribution >= 4 is 28.7 Å². The highest BCUT2D eigenvalue weighted by Gasteiger charge is 2.36. The molecule has 0 unspecified atom stereocenters. The van der Waals surface area contributed by atoms with Gasteiger partial charge in [0.2, 0.25) is 0 Å². The Hall–Kier alpha value is -2.76. The maximum absolute atomic E-state index is 11.5. The fourth-order valence-corrected chi connectivity index (χ4v) is 2.04. The Morgan fingerprint density at radius 1 is 1.11 bits per heavy atom. The van der Waals surface area contributed by atoms with Gasteiger partial charge < -0.3 is 0 Å². The second-order valence-corrected chi connectivity index (χ2v) is 4.14. The van der Waals surface area contributed by atoms with Gasteiger partial charge in [0.15, 0.2) is 0 Å². The third kappa shape index (κ3) is 1.83. The number of rotatable bonds is 2. The van der Waals surface area contributed by atoms with Crippen molar-refractivity contribution in [3.05, 3.63) is 42.1 Å². The molecule has 6 nitrogen and oxygen atoms in total. The molecule has 94 valence electrons. The molecule has 1 aromatic heterocycles. The van der Waals surface area contributed by atoms with E-state index in [9.17, 15) is 14.4 Å². The van der Waals surface area contributed by atoms with Crippen molar-refractivity contribution in [2.24, 2.45) is 0 Å². The fraction of sp³-hybridized carbons (Fsp3) is 0.0769. The lowest BCUT2D eigenvalue weighted by molar-refractivity contribution is -0.140. The predicted molar refractivity (Wildman–Crippen MR) is 65.8 cm³/mol. The summed E-state index contributed by atoms with van der Waals surface area (Å²) in [5.41, 5.74) is 1.43. The number of aromatic nitrogens is 1. The first-order valence-electron chi connectivity index (χ1n) is 5.66. The summed E-state index contributed by atoms with van der Waals surface area (Å²) in [6, 6.07) is 8.50. The van der Waals surface area contributed by atoms with Crippen molar-refractivity contribution < 1.29 is 14.4 Å². The summed E-state index contributed by atoms with van der Waals surface area (Å²) in [6.45, 7) is 0.0325. The Labute approximate surface area is 108 Å². The van der Waals surface area contributed by atoms with Gasteiger partial charge in [-0.2, -0.15) is 0 Å². The number of hydrogen-bond acceptors (Lipinski definition) is 4. The van der Waals surface area contributed by atoms with E-state index in [0.717, 1.165) is 15.8 Å². The van der Waals surface area contributed by atoms with Crippen LogP contribution in [0, 0.1) is 0 Å². The number of nitrogens with one attached hydrogen (secondary N) is 1. The lowest BCUT2D eigenvalue weighted by Gasteiger charge is -2.12. The molecule has 0 bridgehead atoms. The highest BCUT2D eigenvalue weighted by molar-refractivity contribution is 6.44. The van der Waals surface area contributed by atoms with Crippen LogP contribution in [-0.4, -0.2) is 27.7 Å². The Kier molecular flexibility index (Phi) is 2.49. The van der Waals surface area contributed by atoms with Crippen LogP contribution in [0.2, 0.25) is 0 Å². The Morgan fingerprint density at radius 2 is 1.89 bits per heavy atom. The molecule has 0 atom stereocenters. The summed E-state index contributed by atoms with van der Waals surface area (Å²) < 4.78 is 0. The van der Waals surface area contributed by atoms with Crippen LogP contribution < -0.4 is 5.32 Å². The Balaban J connectivity index is 2.00. The van der Waals surface area contributed by atoms with E-state index in [-0.39, 0.29) is 6.54 Å². The molecular weight excluding hydrogens is 246 g/mol. The number of fused-ring (bicyclic) bond motifs is 1. The molecule has 3 rings (SSSR count). The van der Waals surface area contributed by atoms with E-state index in [1.54, 1.807) is 12.3 Å². The maximum atomic E-state index is 11.5. The number of nitrogens with zero attached hydrogens (tertiary/aromatic N) is 2. The number of pyridine rings is 1. The molecule has 19 heavy (non-hydrogen) atoms. The van der Waals surface area contributed by atoms with E-state index < -0.39 is 17.8 Å². The molecule has 1 fully saturated rings. The van der Waals surface area contributed by atoms with E-state index >= 15 is 0 Å². The van der Waals surface area contributed by atoms with E-state index in [2.05, 4.69) is 4.98 Å². The first kappa shape index (κ1) is 11.3. The zero-order valence-electron chi connectivity index (χ0n) is 9.79. The van der Waals surface area contributed by atoms with Gasteiger partial charge in [-0.25, -0.2) is 4.79 Å². The molecule has 2 heterocycles. The van der Waals surface area contributed by atoms with Crippen LogP contribution >= 0.6 is 0 Å². The van der Waals surface area contributed by atoms with Gasteiger partial charge in [-0.05, 0) is 11.6 Å². The minimum Gasteiger partial charge on any atom is -0.269 e. The van der Waals surface area contributed by atoms with Crippen LogP contribution in [-0.2, 0) is 16.1 Å². The van der Waals surface area contributed by atoms with Crippen molar-refractivity contribution in [1.29, 1.82) is 0 Å². The third-order valence-corrected chi connectivity index (χ3v) is 2.95. The summed E-state index contributed by atoms with van der Waals surface area (Å²) in [4.78, 5) is 39.2. The van der Waals surface area contributed by atoms with Crippen LogP contribution in [0.1, 0.15) is 5.56 Å². The maximum Gasteiger partial charge on any atom is 0.331 e. The van der Waals surface area contributed by atoms with Gasteiger partial charge in [0, 0.05) is 11.6 Å². The van der Waals surface area contributed by atoms with Crippen LogP contribution in [0.15, 0.2) is 36.5 Å². The molecule has 4 amide bonds.